The quantitative estimate of drug-likeness (QED) is 0.594. The van der Waals surface area contributed by atoms with Crippen LogP contribution in [0.1, 0.15) is 11.1 Å². The third-order valence-corrected chi connectivity index (χ3v) is 2.97. The van der Waals surface area contributed by atoms with Gasteiger partial charge in [-0.15, -0.1) is 0 Å². The Morgan fingerprint density at radius 1 is 0.833 bits per heavy atom. The normalized spacial score (nSPS) is 9.67. The first kappa shape index (κ1) is 11.9. The third kappa shape index (κ3) is 1.76. The summed E-state index contributed by atoms with van der Waals surface area (Å²) in [6.45, 7) is 3.64. The van der Waals surface area contributed by atoms with E-state index in [1.165, 1.54) is 6.08 Å². The highest BCUT2D eigenvalue weighted by Gasteiger charge is 2.13. The van der Waals surface area contributed by atoms with Gasteiger partial charge in [-0.2, -0.15) is 9.98 Å². The molecule has 0 aromatic heterocycles. The standard InChI is InChI=1S/C14H10N2O2/c1-9-11-5-3-4-6-12(11)14(16-8-18)10(2)13(9)15-7-17/h3-6H,1-2H3. The van der Waals surface area contributed by atoms with Gasteiger partial charge in [0.25, 0.3) is 0 Å². The molecule has 4 nitrogen and oxygen atoms in total. The van der Waals surface area contributed by atoms with Gasteiger partial charge in [-0.3, -0.25) is 0 Å². The summed E-state index contributed by atoms with van der Waals surface area (Å²) in [5.74, 6) is 0. The SMILES string of the molecule is Cc1c(N=C=O)c(C)c2ccccc2c1N=C=O. The second-order valence-electron chi connectivity index (χ2n) is 3.90. The van der Waals surface area contributed by atoms with Gasteiger partial charge in [-0.25, -0.2) is 9.59 Å². The van der Waals surface area contributed by atoms with E-state index in [-0.39, 0.29) is 0 Å². The second kappa shape index (κ2) is 4.76. The van der Waals surface area contributed by atoms with Gasteiger partial charge in [-0.05, 0) is 24.8 Å². The lowest BCUT2D eigenvalue weighted by molar-refractivity contribution is 0.565. The average molecular weight is 238 g/mol. The molecule has 0 N–H and O–H groups in total. The summed E-state index contributed by atoms with van der Waals surface area (Å²) < 4.78 is 0. The van der Waals surface area contributed by atoms with Crippen LogP contribution in [0.15, 0.2) is 34.3 Å². The van der Waals surface area contributed by atoms with Crippen LogP contribution in [0, 0.1) is 13.8 Å². The Balaban J connectivity index is 3.05. The predicted molar refractivity (Wildman–Crippen MR) is 69.0 cm³/mol. The van der Waals surface area contributed by atoms with Gasteiger partial charge < -0.3 is 0 Å². The molecule has 0 radical (unpaired) electrons. The van der Waals surface area contributed by atoms with Crippen LogP contribution in [0.3, 0.4) is 0 Å². The molecule has 0 atom stereocenters. The number of nitrogens with zero attached hydrogens (tertiary/aromatic N) is 2. The van der Waals surface area contributed by atoms with E-state index in [4.69, 9.17) is 0 Å². The topological polar surface area (TPSA) is 58.9 Å². The zero-order chi connectivity index (χ0) is 13.1. The summed E-state index contributed by atoms with van der Waals surface area (Å²) >= 11 is 0. The zero-order valence-electron chi connectivity index (χ0n) is 10.0. The van der Waals surface area contributed by atoms with E-state index in [9.17, 15) is 9.59 Å². The lowest BCUT2D eigenvalue weighted by Crippen LogP contribution is -1.86. The van der Waals surface area contributed by atoms with Crippen LogP contribution in [-0.2, 0) is 9.59 Å². The molecule has 0 bridgehead atoms. The van der Waals surface area contributed by atoms with E-state index in [0.29, 0.717) is 16.9 Å². The maximum atomic E-state index is 10.5. The van der Waals surface area contributed by atoms with E-state index in [0.717, 1.165) is 16.3 Å². The number of carbonyl (C=O) groups excluding carboxylic acids is 2. The highest BCUT2D eigenvalue weighted by atomic mass is 16.1. The molecule has 0 saturated heterocycles. The molecule has 0 unspecified atom stereocenters. The first-order valence-electron chi connectivity index (χ1n) is 5.38. The first-order chi connectivity index (χ1) is 8.70. The molecule has 0 spiro atoms. The van der Waals surface area contributed by atoms with E-state index >= 15 is 0 Å². The summed E-state index contributed by atoms with van der Waals surface area (Å²) in [5.41, 5.74) is 2.56. The average Bonchev–Trinajstić information content (AvgIpc) is 2.39. The minimum absolute atomic E-state index is 0.500. The molecule has 0 aliphatic heterocycles. The Hall–Kier alpha value is -2.54. The molecule has 2 aromatic carbocycles. The highest BCUT2D eigenvalue weighted by molar-refractivity contribution is 6.00. The van der Waals surface area contributed by atoms with Crippen molar-refractivity contribution < 1.29 is 9.59 Å². The van der Waals surface area contributed by atoms with Gasteiger partial charge in [0, 0.05) is 10.9 Å². The Bertz CT molecular complexity index is 722. The number of aliphatic imine (C=N–C) groups is 2. The third-order valence-electron chi connectivity index (χ3n) is 2.97. The number of rotatable bonds is 2. The zero-order valence-corrected chi connectivity index (χ0v) is 10.0. The number of fused-ring (bicyclic) bond motifs is 1. The lowest BCUT2D eigenvalue weighted by atomic mass is 9.97. The molecule has 0 heterocycles. The molecule has 2 rings (SSSR count). The molecular formula is C14H10N2O2. The van der Waals surface area contributed by atoms with Crippen LogP contribution in [0.25, 0.3) is 10.8 Å². The molecule has 0 aliphatic carbocycles. The van der Waals surface area contributed by atoms with Gasteiger partial charge >= 0.3 is 0 Å². The predicted octanol–water partition coefficient (Wildman–Crippen LogP) is 3.39. The van der Waals surface area contributed by atoms with Crippen molar-refractivity contribution >= 4 is 34.3 Å². The minimum atomic E-state index is 0.500. The van der Waals surface area contributed by atoms with Crippen molar-refractivity contribution in [3.8, 4) is 0 Å². The van der Waals surface area contributed by atoms with Gasteiger partial charge in [0.2, 0.25) is 12.2 Å². The molecule has 0 fully saturated rings. The summed E-state index contributed by atoms with van der Waals surface area (Å²) in [6, 6.07) is 7.53. The molecule has 18 heavy (non-hydrogen) atoms. The highest BCUT2D eigenvalue weighted by Crippen LogP contribution is 2.39. The van der Waals surface area contributed by atoms with Crippen molar-refractivity contribution in [1.29, 1.82) is 0 Å². The fourth-order valence-electron chi connectivity index (χ4n) is 2.14. The van der Waals surface area contributed by atoms with Crippen LogP contribution in [-0.4, -0.2) is 12.2 Å². The van der Waals surface area contributed by atoms with Crippen molar-refractivity contribution in [3.63, 3.8) is 0 Å². The van der Waals surface area contributed by atoms with Crippen LogP contribution in [0.2, 0.25) is 0 Å². The lowest BCUT2D eigenvalue weighted by Gasteiger charge is -2.11. The van der Waals surface area contributed by atoms with Crippen molar-refractivity contribution in [3.05, 3.63) is 35.4 Å². The van der Waals surface area contributed by atoms with Crippen molar-refractivity contribution in [1.82, 2.24) is 0 Å². The van der Waals surface area contributed by atoms with Crippen LogP contribution in [0.4, 0.5) is 11.4 Å². The van der Waals surface area contributed by atoms with Crippen LogP contribution < -0.4 is 0 Å². The fraction of sp³-hybridized carbons (Fsp3) is 0.143. The fourth-order valence-corrected chi connectivity index (χ4v) is 2.14. The van der Waals surface area contributed by atoms with Gasteiger partial charge in [0.15, 0.2) is 0 Å². The summed E-state index contributed by atoms with van der Waals surface area (Å²) in [4.78, 5) is 28.4. The second-order valence-corrected chi connectivity index (χ2v) is 3.90. The molecule has 88 valence electrons. The van der Waals surface area contributed by atoms with E-state index in [1.807, 2.05) is 31.2 Å². The Labute approximate surface area is 104 Å². The maximum Gasteiger partial charge on any atom is 0.240 e. The van der Waals surface area contributed by atoms with Gasteiger partial charge in [0.1, 0.15) is 0 Å². The number of benzene rings is 2. The maximum absolute atomic E-state index is 10.5. The van der Waals surface area contributed by atoms with E-state index < -0.39 is 0 Å². The number of hydrogen-bond donors (Lipinski definition) is 0. The molecular weight excluding hydrogens is 228 g/mol. The largest absolute Gasteiger partial charge is 0.240 e. The van der Waals surface area contributed by atoms with E-state index in [1.54, 1.807) is 13.0 Å². The molecule has 0 amide bonds. The molecule has 2 aromatic rings. The number of aryl methyl sites for hydroxylation is 1. The van der Waals surface area contributed by atoms with Gasteiger partial charge in [0.05, 0.1) is 11.4 Å². The summed E-state index contributed by atoms with van der Waals surface area (Å²) in [5, 5.41) is 1.76. The van der Waals surface area contributed by atoms with Crippen molar-refractivity contribution in [2.45, 2.75) is 13.8 Å². The monoisotopic (exact) mass is 238 g/mol. The summed E-state index contributed by atoms with van der Waals surface area (Å²) in [6.07, 6.45) is 3.08. The Morgan fingerprint density at radius 2 is 1.39 bits per heavy atom. The minimum Gasteiger partial charge on any atom is -0.211 e. The smallest absolute Gasteiger partial charge is 0.211 e. The van der Waals surface area contributed by atoms with Crippen molar-refractivity contribution in [2.24, 2.45) is 9.98 Å². The number of hydrogen-bond acceptors (Lipinski definition) is 4. The Kier molecular flexibility index (Phi) is 3.16. The van der Waals surface area contributed by atoms with E-state index in [2.05, 4.69) is 9.98 Å². The Morgan fingerprint density at radius 3 is 2.00 bits per heavy atom. The first-order valence-corrected chi connectivity index (χ1v) is 5.38. The number of isocyanates is 2. The van der Waals surface area contributed by atoms with Gasteiger partial charge in [-0.1, -0.05) is 24.3 Å². The molecule has 0 saturated carbocycles. The summed E-state index contributed by atoms with van der Waals surface area (Å²) in [7, 11) is 0. The molecule has 4 heteroatoms. The molecule has 0 aliphatic rings. The van der Waals surface area contributed by atoms with Crippen LogP contribution in [0.5, 0.6) is 0 Å². The van der Waals surface area contributed by atoms with Crippen LogP contribution >= 0.6 is 0 Å². The van der Waals surface area contributed by atoms with Crippen molar-refractivity contribution in [2.75, 3.05) is 0 Å².